The molecule has 2 aromatic carbocycles. The quantitative estimate of drug-likeness (QED) is 0.445. The maximum Gasteiger partial charge on any atom is 0.340 e. The predicted molar refractivity (Wildman–Crippen MR) is 131 cm³/mol. The summed E-state index contributed by atoms with van der Waals surface area (Å²) in [6.45, 7) is 0.140. The van der Waals surface area contributed by atoms with Crippen molar-refractivity contribution in [2.45, 2.75) is 18.6 Å². The molecule has 3 amide bonds. The van der Waals surface area contributed by atoms with Gasteiger partial charge in [-0.05, 0) is 35.2 Å². The molecule has 3 aromatic rings. The fraction of sp³-hybridized carbons (Fsp3) is 0.208. The number of aromatic carboxylic acids is 1. The Kier molecular flexibility index (Phi) is 7.34. The maximum absolute atomic E-state index is 14.9. The SMILES string of the molecule is COC1CC(C(=O)Nc2ccc(-c3cscc3C(=O)O)cc2F)N(C(=O)N(Cl)c2ccccc2)C1. The van der Waals surface area contributed by atoms with Crippen LogP contribution < -0.4 is 9.74 Å². The topological polar surface area (TPSA) is 99.2 Å². The average Bonchev–Trinajstić information content (AvgIpc) is 3.53. The maximum atomic E-state index is 14.9. The van der Waals surface area contributed by atoms with Crippen molar-refractivity contribution >= 4 is 52.4 Å². The predicted octanol–water partition coefficient (Wildman–Crippen LogP) is 5.06. The molecule has 11 heteroatoms. The average molecular weight is 518 g/mol. The first-order valence-corrected chi connectivity index (χ1v) is 11.8. The molecule has 1 aliphatic heterocycles. The standard InChI is InChI=1S/C24H21ClFN3O5S/c1-34-16-10-21(28(11-16)24(33)29(25)15-5-3-2-4-6-15)22(30)27-20-8-7-14(9-19(20)26)17-12-35-13-18(17)23(31)32/h2-9,12-13,16,21H,10-11H2,1H3,(H,27,30)(H,31,32). The number of halogens is 2. The molecule has 0 bridgehead atoms. The van der Waals surface area contributed by atoms with Crippen LogP contribution in [0.1, 0.15) is 16.8 Å². The minimum absolute atomic E-state index is 0.0703. The van der Waals surface area contributed by atoms with Crippen LogP contribution in [0.5, 0.6) is 0 Å². The number of thiophene rings is 1. The number of amides is 3. The van der Waals surface area contributed by atoms with Crippen molar-refractivity contribution in [3.8, 4) is 11.1 Å². The van der Waals surface area contributed by atoms with E-state index < -0.39 is 35.9 Å². The largest absolute Gasteiger partial charge is 0.478 e. The molecule has 1 aliphatic rings. The lowest BCUT2D eigenvalue weighted by Crippen LogP contribution is -2.47. The number of carboxylic acids is 1. The van der Waals surface area contributed by atoms with Gasteiger partial charge in [-0.15, -0.1) is 0 Å². The number of likely N-dealkylation sites (tertiary alicyclic amines) is 1. The van der Waals surface area contributed by atoms with Crippen LogP contribution in [-0.2, 0) is 9.53 Å². The number of carbonyl (C=O) groups is 3. The summed E-state index contributed by atoms with van der Waals surface area (Å²) in [7, 11) is 1.48. The van der Waals surface area contributed by atoms with E-state index in [0.29, 0.717) is 16.8 Å². The molecular weight excluding hydrogens is 497 g/mol. The van der Waals surface area contributed by atoms with Crippen molar-refractivity contribution in [2.24, 2.45) is 0 Å². The van der Waals surface area contributed by atoms with Gasteiger partial charge in [0.1, 0.15) is 11.9 Å². The first kappa shape index (κ1) is 24.6. The molecule has 2 atom stereocenters. The van der Waals surface area contributed by atoms with E-state index in [1.165, 1.54) is 40.9 Å². The second kappa shape index (κ2) is 10.4. The summed E-state index contributed by atoms with van der Waals surface area (Å²) in [4.78, 5) is 38.8. The Balaban J connectivity index is 1.53. The van der Waals surface area contributed by atoms with Crippen LogP contribution in [-0.4, -0.2) is 53.7 Å². The number of benzene rings is 2. The number of hydrogen-bond acceptors (Lipinski definition) is 5. The molecule has 0 spiro atoms. The fourth-order valence-corrected chi connectivity index (χ4v) is 4.94. The molecule has 8 nitrogen and oxygen atoms in total. The second-order valence-electron chi connectivity index (χ2n) is 7.85. The number of nitrogens with one attached hydrogen (secondary N) is 1. The van der Waals surface area contributed by atoms with E-state index in [1.54, 1.807) is 35.7 Å². The van der Waals surface area contributed by atoms with Gasteiger partial charge in [0.05, 0.1) is 23.0 Å². The number of carbonyl (C=O) groups excluding carboxylic acids is 2. The van der Waals surface area contributed by atoms with E-state index in [0.717, 1.165) is 10.5 Å². The zero-order chi connectivity index (χ0) is 25.1. The van der Waals surface area contributed by atoms with Crippen LogP contribution in [0, 0.1) is 5.82 Å². The monoisotopic (exact) mass is 517 g/mol. The number of ether oxygens (including phenoxy) is 1. The van der Waals surface area contributed by atoms with Crippen molar-refractivity contribution in [1.29, 1.82) is 0 Å². The highest BCUT2D eigenvalue weighted by Gasteiger charge is 2.41. The van der Waals surface area contributed by atoms with Crippen LogP contribution in [0.25, 0.3) is 11.1 Å². The number of rotatable bonds is 6. The molecule has 35 heavy (non-hydrogen) atoms. The van der Waals surface area contributed by atoms with Gasteiger partial charge in [0.25, 0.3) is 0 Å². The Labute approximate surface area is 209 Å². The number of carboxylic acid groups (broad SMARTS) is 1. The van der Waals surface area contributed by atoms with Gasteiger partial charge in [-0.1, -0.05) is 24.3 Å². The molecule has 4 rings (SSSR count). The van der Waals surface area contributed by atoms with Crippen LogP contribution in [0.2, 0.25) is 0 Å². The molecular formula is C24H21ClFN3O5S. The van der Waals surface area contributed by atoms with Crippen molar-refractivity contribution in [2.75, 3.05) is 23.4 Å². The van der Waals surface area contributed by atoms with Gasteiger partial charge < -0.3 is 20.1 Å². The number of methoxy groups -OCH3 is 1. The first-order chi connectivity index (χ1) is 16.8. The van der Waals surface area contributed by atoms with Gasteiger partial charge in [0.15, 0.2) is 0 Å². The Morgan fingerprint density at radius 1 is 1.20 bits per heavy atom. The van der Waals surface area contributed by atoms with Gasteiger partial charge in [-0.25, -0.2) is 18.4 Å². The van der Waals surface area contributed by atoms with Crippen molar-refractivity contribution < 1.29 is 28.6 Å². The number of urea groups is 1. The van der Waals surface area contributed by atoms with Gasteiger partial charge in [0.2, 0.25) is 5.91 Å². The number of anilines is 2. The van der Waals surface area contributed by atoms with E-state index in [1.807, 2.05) is 0 Å². The summed E-state index contributed by atoms with van der Waals surface area (Å²) in [5.74, 6) is -2.44. The van der Waals surface area contributed by atoms with E-state index in [-0.39, 0.29) is 24.2 Å². The molecule has 1 fully saturated rings. The molecule has 0 aliphatic carbocycles. The van der Waals surface area contributed by atoms with Gasteiger partial charge in [-0.2, -0.15) is 11.3 Å². The van der Waals surface area contributed by atoms with Gasteiger partial charge in [0, 0.05) is 42.8 Å². The fourth-order valence-electron chi connectivity index (χ4n) is 3.90. The number of nitrogens with zero attached hydrogens (tertiary/aromatic N) is 2. The molecule has 0 saturated carbocycles. The van der Waals surface area contributed by atoms with Crippen LogP contribution in [0.4, 0.5) is 20.6 Å². The molecule has 182 valence electrons. The summed E-state index contributed by atoms with van der Waals surface area (Å²) in [5, 5.41) is 14.9. The highest BCUT2D eigenvalue weighted by molar-refractivity contribution is 7.08. The van der Waals surface area contributed by atoms with Crippen molar-refractivity contribution in [1.82, 2.24) is 4.90 Å². The summed E-state index contributed by atoms with van der Waals surface area (Å²) < 4.78 is 21.2. The number of para-hydroxylation sites is 1. The zero-order valence-electron chi connectivity index (χ0n) is 18.5. The molecule has 2 N–H and O–H groups in total. The van der Waals surface area contributed by atoms with Crippen LogP contribution in [0.15, 0.2) is 59.3 Å². The lowest BCUT2D eigenvalue weighted by molar-refractivity contribution is -0.119. The Bertz CT molecular complexity index is 1250. The van der Waals surface area contributed by atoms with Crippen LogP contribution >= 0.6 is 23.1 Å². The Hall–Kier alpha value is -3.47. The Morgan fingerprint density at radius 2 is 1.94 bits per heavy atom. The minimum Gasteiger partial charge on any atom is -0.478 e. The Morgan fingerprint density at radius 3 is 2.60 bits per heavy atom. The summed E-state index contributed by atoms with van der Waals surface area (Å²) in [6.07, 6.45) is -0.180. The van der Waals surface area contributed by atoms with E-state index >= 15 is 0 Å². The van der Waals surface area contributed by atoms with Crippen molar-refractivity contribution in [3.63, 3.8) is 0 Å². The second-order valence-corrected chi connectivity index (χ2v) is 8.93. The third-order valence-electron chi connectivity index (χ3n) is 5.73. The highest BCUT2D eigenvalue weighted by atomic mass is 35.5. The lowest BCUT2D eigenvalue weighted by atomic mass is 10.0. The zero-order valence-corrected chi connectivity index (χ0v) is 20.1. The van der Waals surface area contributed by atoms with Crippen LogP contribution in [0.3, 0.4) is 0 Å². The highest BCUT2D eigenvalue weighted by Crippen LogP contribution is 2.31. The van der Waals surface area contributed by atoms with E-state index in [4.69, 9.17) is 16.5 Å². The van der Waals surface area contributed by atoms with E-state index in [9.17, 15) is 23.9 Å². The molecule has 0 radical (unpaired) electrons. The summed E-state index contributed by atoms with van der Waals surface area (Å²) >= 11 is 7.45. The summed E-state index contributed by atoms with van der Waals surface area (Å²) in [6, 6.07) is 11.1. The molecule has 2 heterocycles. The van der Waals surface area contributed by atoms with Crippen molar-refractivity contribution in [3.05, 3.63) is 70.7 Å². The van der Waals surface area contributed by atoms with E-state index in [2.05, 4.69) is 5.32 Å². The molecule has 2 unspecified atom stereocenters. The number of hydrogen-bond donors (Lipinski definition) is 2. The molecule has 1 aromatic heterocycles. The minimum atomic E-state index is -1.11. The smallest absolute Gasteiger partial charge is 0.340 e. The third kappa shape index (κ3) is 5.14. The lowest BCUT2D eigenvalue weighted by Gasteiger charge is -2.27. The normalized spacial score (nSPS) is 17.3. The van der Waals surface area contributed by atoms with Gasteiger partial charge >= 0.3 is 12.0 Å². The first-order valence-electron chi connectivity index (χ1n) is 10.5. The molecule has 1 saturated heterocycles. The third-order valence-corrected chi connectivity index (χ3v) is 6.81. The van der Waals surface area contributed by atoms with Gasteiger partial charge in [-0.3, -0.25) is 4.79 Å². The summed E-state index contributed by atoms with van der Waals surface area (Å²) in [5.41, 5.74) is 1.18.